The highest BCUT2D eigenvalue weighted by Gasteiger charge is 2.28. The van der Waals surface area contributed by atoms with Gasteiger partial charge in [-0.15, -0.1) is 0 Å². The van der Waals surface area contributed by atoms with Crippen LogP contribution in [-0.2, 0) is 22.5 Å². The predicted octanol–water partition coefficient (Wildman–Crippen LogP) is 3.52. The van der Waals surface area contributed by atoms with Crippen LogP contribution in [0.5, 0.6) is 0 Å². The molecule has 7 nitrogen and oxygen atoms in total. The Morgan fingerprint density at radius 1 is 1.26 bits per heavy atom. The zero-order valence-corrected chi connectivity index (χ0v) is 15.3. The number of benzene rings is 2. The van der Waals surface area contributed by atoms with Crippen LogP contribution in [0, 0.1) is 10.1 Å². The number of hydrogen-bond donors (Lipinski definition) is 1. The van der Waals surface area contributed by atoms with Crippen LogP contribution >= 0.6 is 0 Å². The molecule has 142 valence electrons. The molecule has 1 aliphatic rings. The fraction of sp³-hybridized carbons (Fsp3) is 0.350. The van der Waals surface area contributed by atoms with Gasteiger partial charge in [-0.05, 0) is 31.4 Å². The Kier molecular flexibility index (Phi) is 5.90. The van der Waals surface area contributed by atoms with E-state index in [0.717, 1.165) is 36.2 Å². The molecule has 3 rings (SSSR count). The van der Waals surface area contributed by atoms with Gasteiger partial charge in [-0.1, -0.05) is 30.3 Å². The maximum atomic E-state index is 12.2. The highest BCUT2D eigenvalue weighted by molar-refractivity contribution is 5.82. The lowest BCUT2D eigenvalue weighted by Gasteiger charge is -2.29. The van der Waals surface area contributed by atoms with Gasteiger partial charge in [0, 0.05) is 30.4 Å². The van der Waals surface area contributed by atoms with Crippen molar-refractivity contribution < 1.29 is 14.5 Å². The van der Waals surface area contributed by atoms with E-state index in [1.54, 1.807) is 17.9 Å². The molecule has 0 unspecified atom stereocenters. The lowest BCUT2D eigenvalue weighted by atomic mass is 9.98. The molecule has 0 bridgehead atoms. The van der Waals surface area contributed by atoms with Crippen LogP contribution in [0.15, 0.2) is 42.5 Å². The Labute approximate surface area is 158 Å². The maximum absolute atomic E-state index is 12.2. The molecule has 0 aliphatic carbocycles. The van der Waals surface area contributed by atoms with E-state index in [9.17, 15) is 14.9 Å². The number of nitro benzene ring substituents is 1. The third kappa shape index (κ3) is 4.36. The number of hydrogen-bond acceptors (Lipinski definition) is 6. The van der Waals surface area contributed by atoms with Gasteiger partial charge in [-0.2, -0.15) is 0 Å². The summed E-state index contributed by atoms with van der Waals surface area (Å²) in [6.07, 6.45) is 1.62. The minimum absolute atomic E-state index is 0.0117. The summed E-state index contributed by atoms with van der Waals surface area (Å²) in [6.45, 7) is 3.20. The third-order valence-corrected chi connectivity index (χ3v) is 4.53. The SMILES string of the molecule is CCOC(=O)CN(Cc1ccccc1)c1c([N+](=O)[O-])ccc2c1CCCN2. The number of anilines is 2. The average Bonchev–Trinajstić information content (AvgIpc) is 2.67. The molecule has 7 heteroatoms. The number of nitrogens with zero attached hydrogens (tertiary/aromatic N) is 2. The molecule has 27 heavy (non-hydrogen) atoms. The Hall–Kier alpha value is -3.09. The summed E-state index contributed by atoms with van der Waals surface area (Å²) in [6, 6.07) is 12.9. The molecule has 2 aromatic rings. The van der Waals surface area contributed by atoms with Gasteiger partial charge in [0.15, 0.2) is 0 Å². The first-order chi connectivity index (χ1) is 13.1. The fourth-order valence-electron chi connectivity index (χ4n) is 3.41. The molecule has 2 aromatic carbocycles. The second-order valence-corrected chi connectivity index (χ2v) is 6.39. The van der Waals surface area contributed by atoms with Gasteiger partial charge in [-0.3, -0.25) is 14.9 Å². The van der Waals surface area contributed by atoms with Crippen LogP contribution < -0.4 is 10.2 Å². The molecule has 0 saturated carbocycles. The van der Waals surface area contributed by atoms with Crippen LogP contribution in [0.25, 0.3) is 0 Å². The van der Waals surface area contributed by atoms with Gasteiger partial charge in [0.1, 0.15) is 12.2 Å². The highest BCUT2D eigenvalue weighted by Crippen LogP contribution is 2.39. The monoisotopic (exact) mass is 369 g/mol. The van der Waals surface area contributed by atoms with Crippen molar-refractivity contribution in [1.29, 1.82) is 0 Å². The number of carbonyl (C=O) groups excluding carboxylic acids is 1. The predicted molar refractivity (Wildman–Crippen MR) is 104 cm³/mol. The number of ether oxygens (including phenoxy) is 1. The number of esters is 1. The molecule has 0 spiro atoms. The quantitative estimate of drug-likeness (QED) is 0.457. The number of fused-ring (bicyclic) bond motifs is 1. The first-order valence-electron chi connectivity index (χ1n) is 9.08. The first-order valence-corrected chi connectivity index (χ1v) is 9.08. The van der Waals surface area contributed by atoms with Gasteiger partial charge in [0.2, 0.25) is 0 Å². The average molecular weight is 369 g/mol. The molecule has 0 atom stereocenters. The van der Waals surface area contributed by atoms with Crippen LogP contribution in [0.3, 0.4) is 0 Å². The van der Waals surface area contributed by atoms with E-state index in [2.05, 4.69) is 5.32 Å². The molecule has 0 fully saturated rings. The first kappa shape index (κ1) is 18.7. The summed E-state index contributed by atoms with van der Waals surface area (Å²) < 4.78 is 5.11. The Morgan fingerprint density at radius 3 is 2.74 bits per heavy atom. The van der Waals surface area contributed by atoms with Gasteiger partial charge in [0.05, 0.1) is 11.5 Å². The number of nitro groups is 1. The highest BCUT2D eigenvalue weighted by atomic mass is 16.6. The summed E-state index contributed by atoms with van der Waals surface area (Å²) in [4.78, 5) is 25.3. The van der Waals surface area contributed by atoms with Gasteiger partial charge < -0.3 is 15.0 Å². The second kappa shape index (κ2) is 8.53. The van der Waals surface area contributed by atoms with Crippen molar-refractivity contribution in [2.45, 2.75) is 26.3 Å². The van der Waals surface area contributed by atoms with E-state index in [4.69, 9.17) is 4.74 Å². The molecular weight excluding hydrogens is 346 g/mol. The number of nitrogens with one attached hydrogen (secondary N) is 1. The van der Waals surface area contributed by atoms with Crippen LogP contribution in [0.2, 0.25) is 0 Å². The molecule has 0 amide bonds. The van der Waals surface area contributed by atoms with E-state index < -0.39 is 5.97 Å². The summed E-state index contributed by atoms with van der Waals surface area (Å²) >= 11 is 0. The zero-order chi connectivity index (χ0) is 19.2. The van der Waals surface area contributed by atoms with Crippen molar-refractivity contribution in [3.8, 4) is 0 Å². The van der Waals surface area contributed by atoms with Crippen molar-refractivity contribution >= 4 is 23.0 Å². The number of carbonyl (C=O) groups is 1. The Morgan fingerprint density at radius 2 is 2.04 bits per heavy atom. The van der Waals surface area contributed by atoms with Crippen molar-refractivity contribution in [3.05, 3.63) is 63.7 Å². The smallest absolute Gasteiger partial charge is 0.325 e. The van der Waals surface area contributed by atoms with Gasteiger partial charge in [0.25, 0.3) is 5.69 Å². The lowest BCUT2D eigenvalue weighted by Crippen LogP contribution is -2.32. The minimum atomic E-state index is -0.399. The Bertz CT molecular complexity index is 823. The topological polar surface area (TPSA) is 84.7 Å². The molecule has 0 aromatic heterocycles. The fourth-order valence-corrected chi connectivity index (χ4v) is 3.41. The molecule has 1 N–H and O–H groups in total. The zero-order valence-electron chi connectivity index (χ0n) is 15.3. The second-order valence-electron chi connectivity index (χ2n) is 6.39. The van der Waals surface area contributed by atoms with E-state index in [1.807, 2.05) is 30.3 Å². The van der Waals surface area contributed by atoms with Crippen LogP contribution in [-0.4, -0.2) is 30.6 Å². The normalized spacial score (nSPS) is 12.6. The number of rotatable bonds is 7. The summed E-state index contributed by atoms with van der Waals surface area (Å²) in [5.41, 5.74) is 3.26. The largest absolute Gasteiger partial charge is 0.465 e. The standard InChI is InChI=1S/C20H23N3O4/c1-2-27-19(24)14-22(13-15-7-4-3-5-8-15)20-16-9-6-12-21-17(16)10-11-18(20)23(25)26/h3-5,7-8,10-11,21H,2,6,9,12-14H2,1H3. The maximum Gasteiger partial charge on any atom is 0.325 e. The lowest BCUT2D eigenvalue weighted by molar-refractivity contribution is -0.384. The van der Waals surface area contributed by atoms with Gasteiger partial charge in [-0.25, -0.2) is 0 Å². The summed E-state index contributed by atoms with van der Waals surface area (Å²) in [5, 5.41) is 15.0. The van der Waals surface area contributed by atoms with E-state index >= 15 is 0 Å². The Balaban J connectivity index is 2.06. The summed E-state index contributed by atoms with van der Waals surface area (Å²) in [5.74, 6) is -0.399. The third-order valence-electron chi connectivity index (χ3n) is 4.53. The van der Waals surface area contributed by atoms with Crippen LogP contribution in [0.4, 0.5) is 17.1 Å². The molecule has 1 heterocycles. The molecular formula is C20H23N3O4. The van der Waals surface area contributed by atoms with Crippen molar-refractivity contribution in [3.63, 3.8) is 0 Å². The van der Waals surface area contributed by atoms with Crippen LogP contribution in [0.1, 0.15) is 24.5 Å². The minimum Gasteiger partial charge on any atom is -0.465 e. The van der Waals surface area contributed by atoms with E-state index in [0.29, 0.717) is 12.2 Å². The van der Waals surface area contributed by atoms with Crippen molar-refractivity contribution in [1.82, 2.24) is 0 Å². The van der Waals surface area contributed by atoms with E-state index in [-0.39, 0.29) is 23.8 Å². The van der Waals surface area contributed by atoms with E-state index in [1.165, 1.54) is 6.07 Å². The molecule has 0 radical (unpaired) electrons. The van der Waals surface area contributed by atoms with Gasteiger partial charge >= 0.3 is 5.97 Å². The molecule has 0 saturated heterocycles. The van der Waals surface area contributed by atoms with Crippen molar-refractivity contribution in [2.75, 3.05) is 29.9 Å². The van der Waals surface area contributed by atoms with Crippen molar-refractivity contribution in [2.24, 2.45) is 0 Å². The summed E-state index contributed by atoms with van der Waals surface area (Å²) in [7, 11) is 0. The molecule has 1 aliphatic heterocycles.